The number of nitrogens with one attached hydrogen (secondary N) is 2. The summed E-state index contributed by atoms with van der Waals surface area (Å²) in [5, 5.41) is 9.87. The van der Waals surface area contributed by atoms with Crippen LogP contribution < -0.4 is 10.6 Å². The van der Waals surface area contributed by atoms with Crippen LogP contribution in [0.15, 0.2) is 10.4 Å². The molecular formula is C18H33N5OS. The van der Waals surface area contributed by atoms with Gasteiger partial charge in [-0.05, 0) is 6.42 Å². The standard InChI is InChI=1S/C18H33N5OS/c1-7-8-10-19-17(21-12-15(24)23(5)6)20-11-9-14-13-25-16(22-14)18(2,3)4/h13H,7-12H2,1-6H3,(H2,19,20,21). The molecule has 0 bridgehead atoms. The fraction of sp³-hybridized carbons (Fsp3) is 0.722. The first-order valence-corrected chi connectivity index (χ1v) is 9.79. The number of carbonyl (C=O) groups is 1. The van der Waals surface area contributed by atoms with Crippen molar-refractivity contribution >= 4 is 23.2 Å². The number of amides is 1. The van der Waals surface area contributed by atoms with Crippen molar-refractivity contribution in [2.45, 2.75) is 52.4 Å². The third kappa shape index (κ3) is 8.34. The van der Waals surface area contributed by atoms with Crippen LogP contribution in [0.4, 0.5) is 0 Å². The number of hydrogen-bond acceptors (Lipinski definition) is 4. The average Bonchev–Trinajstić information content (AvgIpc) is 3.01. The van der Waals surface area contributed by atoms with E-state index in [1.54, 1.807) is 30.3 Å². The van der Waals surface area contributed by atoms with Crippen molar-refractivity contribution in [2.24, 2.45) is 4.99 Å². The second-order valence-corrected chi connectivity index (χ2v) is 8.16. The van der Waals surface area contributed by atoms with Gasteiger partial charge in [0, 0.05) is 44.4 Å². The molecule has 0 aliphatic heterocycles. The maximum absolute atomic E-state index is 11.7. The number of unbranched alkanes of at least 4 members (excludes halogenated alkanes) is 1. The first-order chi connectivity index (χ1) is 11.7. The highest BCUT2D eigenvalue weighted by Crippen LogP contribution is 2.25. The lowest BCUT2D eigenvalue weighted by molar-refractivity contribution is -0.127. The van der Waals surface area contributed by atoms with E-state index in [4.69, 9.17) is 4.98 Å². The van der Waals surface area contributed by atoms with Gasteiger partial charge >= 0.3 is 0 Å². The zero-order valence-corrected chi connectivity index (χ0v) is 17.3. The van der Waals surface area contributed by atoms with Crippen LogP contribution in [0.3, 0.4) is 0 Å². The molecule has 0 spiro atoms. The summed E-state index contributed by atoms with van der Waals surface area (Å²) in [6, 6.07) is 0. The summed E-state index contributed by atoms with van der Waals surface area (Å²) in [6.07, 6.45) is 3.03. The molecule has 25 heavy (non-hydrogen) atoms. The molecule has 0 aliphatic carbocycles. The maximum Gasteiger partial charge on any atom is 0.243 e. The molecule has 1 aromatic rings. The molecule has 0 saturated carbocycles. The molecule has 0 atom stereocenters. The fourth-order valence-electron chi connectivity index (χ4n) is 1.92. The zero-order chi connectivity index (χ0) is 18.9. The minimum absolute atomic E-state index is 0.00842. The highest BCUT2D eigenvalue weighted by Gasteiger charge is 2.17. The Morgan fingerprint density at radius 3 is 2.52 bits per heavy atom. The summed E-state index contributed by atoms with van der Waals surface area (Å²) >= 11 is 1.71. The topological polar surface area (TPSA) is 69.6 Å². The number of hydrogen-bond donors (Lipinski definition) is 2. The van der Waals surface area contributed by atoms with E-state index in [0.29, 0.717) is 5.96 Å². The van der Waals surface area contributed by atoms with Crippen molar-refractivity contribution in [1.82, 2.24) is 20.5 Å². The molecule has 1 amide bonds. The van der Waals surface area contributed by atoms with Crippen LogP contribution in [0, 0.1) is 0 Å². The van der Waals surface area contributed by atoms with E-state index in [1.807, 2.05) is 0 Å². The van der Waals surface area contributed by atoms with Crippen LogP contribution in [0.1, 0.15) is 51.2 Å². The normalized spacial score (nSPS) is 12.2. The summed E-state index contributed by atoms with van der Waals surface area (Å²) in [5.41, 5.74) is 1.19. The Balaban J connectivity index is 2.54. The van der Waals surface area contributed by atoms with Gasteiger partial charge in [-0.25, -0.2) is 9.98 Å². The molecule has 2 N–H and O–H groups in total. The second kappa shape index (κ2) is 10.4. The number of carbonyl (C=O) groups excluding carboxylic acids is 1. The summed E-state index contributed by atoms with van der Waals surface area (Å²) in [7, 11) is 3.48. The number of aromatic nitrogens is 1. The number of nitrogens with zero attached hydrogens (tertiary/aromatic N) is 3. The predicted octanol–water partition coefficient (Wildman–Crippen LogP) is 2.41. The molecule has 1 rings (SSSR count). The van der Waals surface area contributed by atoms with Gasteiger partial charge in [0.1, 0.15) is 6.54 Å². The van der Waals surface area contributed by atoms with Crippen molar-refractivity contribution in [3.05, 3.63) is 16.1 Å². The van der Waals surface area contributed by atoms with Crippen molar-refractivity contribution in [3.8, 4) is 0 Å². The molecule has 0 aromatic carbocycles. The van der Waals surface area contributed by atoms with Crippen LogP contribution in [0.2, 0.25) is 0 Å². The van der Waals surface area contributed by atoms with Crippen molar-refractivity contribution in [2.75, 3.05) is 33.7 Å². The van der Waals surface area contributed by atoms with E-state index in [-0.39, 0.29) is 17.9 Å². The molecule has 142 valence electrons. The Hall–Kier alpha value is -1.63. The molecule has 0 aliphatic rings. The van der Waals surface area contributed by atoms with Crippen LogP contribution in [0.5, 0.6) is 0 Å². The monoisotopic (exact) mass is 367 g/mol. The lowest BCUT2D eigenvalue weighted by Gasteiger charge is -2.14. The predicted molar refractivity (Wildman–Crippen MR) is 106 cm³/mol. The zero-order valence-electron chi connectivity index (χ0n) is 16.5. The van der Waals surface area contributed by atoms with Gasteiger partial charge in [0.25, 0.3) is 0 Å². The molecule has 0 radical (unpaired) electrons. The summed E-state index contributed by atoms with van der Waals surface area (Å²) in [4.78, 5) is 22.4. The van der Waals surface area contributed by atoms with Gasteiger partial charge in [-0.3, -0.25) is 4.79 Å². The van der Waals surface area contributed by atoms with Gasteiger partial charge in [0.15, 0.2) is 5.96 Å². The first kappa shape index (κ1) is 21.4. The van der Waals surface area contributed by atoms with E-state index < -0.39 is 0 Å². The molecule has 0 fully saturated rings. The van der Waals surface area contributed by atoms with E-state index in [2.05, 4.69) is 48.7 Å². The minimum Gasteiger partial charge on any atom is -0.356 e. The molecule has 1 aromatic heterocycles. The Kier molecular flexibility index (Phi) is 8.89. The Morgan fingerprint density at radius 1 is 1.28 bits per heavy atom. The molecule has 7 heteroatoms. The van der Waals surface area contributed by atoms with E-state index in [9.17, 15) is 4.79 Å². The SMILES string of the molecule is CCCCNC(=NCC(=O)N(C)C)NCCc1csc(C(C)(C)C)n1. The third-order valence-electron chi connectivity index (χ3n) is 3.56. The van der Waals surface area contributed by atoms with Crippen LogP contribution in [-0.4, -0.2) is 55.5 Å². The number of aliphatic imine (C=N–C) groups is 1. The van der Waals surface area contributed by atoms with E-state index in [1.165, 1.54) is 0 Å². The lowest BCUT2D eigenvalue weighted by Crippen LogP contribution is -2.40. The Morgan fingerprint density at radius 2 is 1.96 bits per heavy atom. The smallest absolute Gasteiger partial charge is 0.243 e. The first-order valence-electron chi connectivity index (χ1n) is 8.91. The summed E-state index contributed by atoms with van der Waals surface area (Å²) < 4.78 is 0. The van der Waals surface area contributed by atoms with Crippen molar-refractivity contribution in [3.63, 3.8) is 0 Å². The number of thiazole rings is 1. The molecular weight excluding hydrogens is 334 g/mol. The van der Waals surface area contributed by atoms with Crippen molar-refractivity contribution in [1.29, 1.82) is 0 Å². The quantitative estimate of drug-likeness (QED) is 0.421. The largest absolute Gasteiger partial charge is 0.356 e. The molecule has 0 saturated heterocycles. The van der Waals surface area contributed by atoms with E-state index >= 15 is 0 Å². The number of rotatable bonds is 8. The number of guanidine groups is 1. The number of likely N-dealkylation sites (N-methyl/N-ethyl adjacent to an activating group) is 1. The third-order valence-corrected chi connectivity index (χ3v) is 4.88. The lowest BCUT2D eigenvalue weighted by atomic mass is 9.98. The molecule has 6 nitrogen and oxygen atoms in total. The highest BCUT2D eigenvalue weighted by molar-refractivity contribution is 7.09. The van der Waals surface area contributed by atoms with Gasteiger partial charge in [-0.1, -0.05) is 34.1 Å². The second-order valence-electron chi connectivity index (χ2n) is 7.30. The molecule has 1 heterocycles. The Bertz CT molecular complexity index is 560. The minimum atomic E-state index is -0.00842. The fourth-order valence-corrected chi connectivity index (χ4v) is 2.86. The van der Waals surface area contributed by atoms with Crippen LogP contribution in [0.25, 0.3) is 0 Å². The van der Waals surface area contributed by atoms with Crippen molar-refractivity contribution < 1.29 is 4.79 Å². The van der Waals surface area contributed by atoms with Crippen LogP contribution >= 0.6 is 11.3 Å². The van der Waals surface area contributed by atoms with Gasteiger partial charge < -0.3 is 15.5 Å². The summed E-state index contributed by atoms with van der Waals surface area (Å²) in [5.74, 6) is 0.681. The van der Waals surface area contributed by atoms with Gasteiger partial charge in [-0.2, -0.15) is 0 Å². The maximum atomic E-state index is 11.7. The van der Waals surface area contributed by atoms with Crippen LogP contribution in [-0.2, 0) is 16.6 Å². The Labute approximate surface area is 156 Å². The highest BCUT2D eigenvalue weighted by atomic mass is 32.1. The van der Waals surface area contributed by atoms with Gasteiger partial charge in [-0.15, -0.1) is 11.3 Å². The van der Waals surface area contributed by atoms with Gasteiger partial charge in [0.2, 0.25) is 5.91 Å². The van der Waals surface area contributed by atoms with E-state index in [0.717, 1.165) is 43.1 Å². The molecule has 0 unspecified atom stereocenters. The van der Waals surface area contributed by atoms with Gasteiger partial charge in [0.05, 0.1) is 10.7 Å². The average molecular weight is 368 g/mol. The summed E-state index contributed by atoms with van der Waals surface area (Å²) in [6.45, 7) is 10.4.